The Kier molecular flexibility index (Phi) is 4.85. The van der Waals surface area contributed by atoms with E-state index in [9.17, 15) is 9.90 Å². The van der Waals surface area contributed by atoms with Gasteiger partial charge in [0.05, 0.1) is 18.9 Å². The van der Waals surface area contributed by atoms with Crippen molar-refractivity contribution in [2.45, 2.75) is 25.4 Å². The second-order valence-electron chi connectivity index (χ2n) is 6.34. The van der Waals surface area contributed by atoms with Crippen LogP contribution in [0.2, 0.25) is 0 Å². The summed E-state index contributed by atoms with van der Waals surface area (Å²) >= 11 is 0. The molecule has 0 aliphatic heterocycles. The Bertz CT molecular complexity index is 713. The van der Waals surface area contributed by atoms with Crippen LogP contribution in [0, 0.1) is 5.92 Å². The van der Waals surface area contributed by atoms with E-state index in [0.717, 1.165) is 30.6 Å². The van der Waals surface area contributed by atoms with Gasteiger partial charge in [0, 0.05) is 25.1 Å². The molecule has 1 fully saturated rings. The second kappa shape index (κ2) is 7.05. The number of aromatic amines is 1. The van der Waals surface area contributed by atoms with Gasteiger partial charge >= 0.3 is 0 Å². The van der Waals surface area contributed by atoms with Crippen molar-refractivity contribution in [3.63, 3.8) is 0 Å². The lowest BCUT2D eigenvalue weighted by Crippen LogP contribution is -2.34. The molecule has 6 heteroatoms. The molecule has 24 heavy (non-hydrogen) atoms. The number of carbonyl (C=O) groups is 1. The van der Waals surface area contributed by atoms with E-state index < -0.39 is 0 Å². The highest BCUT2D eigenvalue weighted by molar-refractivity contribution is 5.93. The van der Waals surface area contributed by atoms with Crippen LogP contribution in [-0.4, -0.2) is 52.9 Å². The van der Waals surface area contributed by atoms with Gasteiger partial charge in [-0.3, -0.25) is 9.89 Å². The van der Waals surface area contributed by atoms with Crippen LogP contribution in [-0.2, 0) is 0 Å². The summed E-state index contributed by atoms with van der Waals surface area (Å²) < 4.78 is 5.22. The van der Waals surface area contributed by atoms with E-state index in [1.54, 1.807) is 25.1 Å². The molecule has 1 aliphatic rings. The molecule has 0 spiro atoms. The number of rotatable bonds is 5. The molecular formula is C18H23N3O3. The fourth-order valence-electron chi connectivity index (χ4n) is 3.23. The Hall–Kier alpha value is -2.34. The minimum absolute atomic E-state index is 0.115. The summed E-state index contributed by atoms with van der Waals surface area (Å²) in [5.74, 6) is 0.797. The Morgan fingerprint density at radius 3 is 2.96 bits per heavy atom. The number of benzene rings is 1. The molecule has 128 valence electrons. The highest BCUT2D eigenvalue weighted by atomic mass is 16.5. The Labute approximate surface area is 141 Å². The van der Waals surface area contributed by atoms with Crippen molar-refractivity contribution in [1.82, 2.24) is 15.1 Å². The van der Waals surface area contributed by atoms with Gasteiger partial charge in [0.25, 0.3) is 5.91 Å². The van der Waals surface area contributed by atoms with Crippen LogP contribution < -0.4 is 4.74 Å². The average Bonchev–Trinajstić information content (AvgIpc) is 3.24. The fraction of sp³-hybridized carbons (Fsp3) is 0.444. The second-order valence-corrected chi connectivity index (χ2v) is 6.34. The predicted octanol–water partition coefficient (Wildman–Crippen LogP) is 2.32. The summed E-state index contributed by atoms with van der Waals surface area (Å²) in [7, 11) is 3.38. The number of hydrogen-bond acceptors (Lipinski definition) is 4. The molecule has 0 radical (unpaired) electrons. The number of carbonyl (C=O) groups excluding carboxylic acids is 1. The van der Waals surface area contributed by atoms with Crippen molar-refractivity contribution < 1.29 is 14.6 Å². The molecule has 6 nitrogen and oxygen atoms in total. The Balaban J connectivity index is 1.71. The Morgan fingerprint density at radius 2 is 2.25 bits per heavy atom. The van der Waals surface area contributed by atoms with Crippen LogP contribution in [0.15, 0.2) is 30.3 Å². The van der Waals surface area contributed by atoms with Gasteiger partial charge in [-0.2, -0.15) is 5.10 Å². The van der Waals surface area contributed by atoms with Crippen LogP contribution in [0.1, 0.15) is 29.8 Å². The molecule has 0 bridgehead atoms. The number of aromatic nitrogens is 2. The number of hydrogen-bond donors (Lipinski definition) is 2. The predicted molar refractivity (Wildman–Crippen MR) is 90.9 cm³/mol. The first-order valence-corrected chi connectivity index (χ1v) is 8.22. The normalized spacial score (nSPS) is 20.1. The number of H-pyrrole nitrogens is 1. The fourth-order valence-corrected chi connectivity index (χ4v) is 3.23. The van der Waals surface area contributed by atoms with Gasteiger partial charge in [0.1, 0.15) is 11.4 Å². The molecule has 1 aliphatic carbocycles. The van der Waals surface area contributed by atoms with Gasteiger partial charge in [-0.15, -0.1) is 0 Å². The van der Waals surface area contributed by atoms with Crippen molar-refractivity contribution in [1.29, 1.82) is 0 Å². The SMILES string of the molecule is COc1cccc(-c2cc(C(=O)N(C)CC3CCCC3O)[nH]n2)c1. The molecule has 1 heterocycles. The van der Waals surface area contributed by atoms with E-state index in [0.29, 0.717) is 17.9 Å². The molecular weight excluding hydrogens is 306 g/mol. The topological polar surface area (TPSA) is 78.5 Å². The maximum Gasteiger partial charge on any atom is 0.271 e. The number of nitrogens with one attached hydrogen (secondary N) is 1. The highest BCUT2D eigenvalue weighted by Crippen LogP contribution is 2.27. The van der Waals surface area contributed by atoms with Crippen LogP contribution in [0.3, 0.4) is 0 Å². The van der Waals surface area contributed by atoms with E-state index in [-0.39, 0.29) is 17.9 Å². The molecule has 1 aromatic heterocycles. The van der Waals surface area contributed by atoms with Crippen molar-refractivity contribution >= 4 is 5.91 Å². The summed E-state index contributed by atoms with van der Waals surface area (Å²) in [6.45, 7) is 0.563. The standard InChI is InChI=1S/C18H23N3O3/c1-21(11-13-6-4-8-17(13)22)18(23)16-10-15(19-20-16)12-5-3-7-14(9-12)24-2/h3,5,7,9-10,13,17,22H,4,6,8,11H2,1-2H3,(H,19,20). The first kappa shape index (κ1) is 16.5. The van der Waals surface area contributed by atoms with Gasteiger partial charge in [0.15, 0.2) is 0 Å². The summed E-state index contributed by atoms with van der Waals surface area (Å²) in [6, 6.07) is 9.30. The van der Waals surface area contributed by atoms with Gasteiger partial charge in [-0.1, -0.05) is 18.6 Å². The maximum atomic E-state index is 12.6. The molecule has 0 saturated heterocycles. The minimum Gasteiger partial charge on any atom is -0.497 e. The lowest BCUT2D eigenvalue weighted by Gasteiger charge is -2.22. The third-order valence-electron chi connectivity index (χ3n) is 4.65. The lowest BCUT2D eigenvalue weighted by molar-refractivity contribution is 0.0688. The smallest absolute Gasteiger partial charge is 0.271 e. The van der Waals surface area contributed by atoms with Crippen LogP contribution in [0.4, 0.5) is 0 Å². The van der Waals surface area contributed by atoms with E-state index >= 15 is 0 Å². The number of amides is 1. The van der Waals surface area contributed by atoms with Crippen LogP contribution in [0.5, 0.6) is 5.75 Å². The number of nitrogens with zero attached hydrogens (tertiary/aromatic N) is 2. The van der Waals surface area contributed by atoms with E-state index in [1.165, 1.54) is 0 Å². The van der Waals surface area contributed by atoms with Gasteiger partial charge in [0.2, 0.25) is 0 Å². The number of aliphatic hydroxyl groups excluding tert-OH is 1. The molecule has 2 atom stereocenters. The van der Waals surface area contributed by atoms with Crippen LogP contribution in [0.25, 0.3) is 11.3 Å². The van der Waals surface area contributed by atoms with Gasteiger partial charge < -0.3 is 14.7 Å². The maximum absolute atomic E-state index is 12.6. The Morgan fingerprint density at radius 1 is 1.42 bits per heavy atom. The van der Waals surface area contributed by atoms with Crippen molar-refractivity contribution in [2.24, 2.45) is 5.92 Å². The zero-order chi connectivity index (χ0) is 17.1. The minimum atomic E-state index is -0.297. The van der Waals surface area contributed by atoms with E-state index in [4.69, 9.17) is 4.74 Å². The zero-order valence-corrected chi connectivity index (χ0v) is 14.0. The number of methoxy groups -OCH3 is 1. The van der Waals surface area contributed by atoms with Crippen molar-refractivity contribution in [2.75, 3.05) is 20.7 Å². The summed E-state index contributed by atoms with van der Waals surface area (Å²) in [6.07, 6.45) is 2.53. The third kappa shape index (κ3) is 3.43. The van der Waals surface area contributed by atoms with Crippen LogP contribution >= 0.6 is 0 Å². The highest BCUT2D eigenvalue weighted by Gasteiger charge is 2.28. The third-order valence-corrected chi connectivity index (χ3v) is 4.65. The largest absolute Gasteiger partial charge is 0.497 e. The van der Waals surface area contributed by atoms with E-state index in [2.05, 4.69) is 10.2 Å². The molecule has 1 aromatic carbocycles. The molecule has 1 saturated carbocycles. The molecule has 3 rings (SSSR count). The summed E-state index contributed by atoms with van der Waals surface area (Å²) in [5.41, 5.74) is 2.04. The molecule has 2 aromatic rings. The monoisotopic (exact) mass is 329 g/mol. The van der Waals surface area contributed by atoms with Gasteiger partial charge in [-0.05, 0) is 31.0 Å². The lowest BCUT2D eigenvalue weighted by atomic mass is 10.1. The number of aliphatic hydroxyl groups is 1. The molecule has 2 N–H and O–H groups in total. The summed E-state index contributed by atoms with van der Waals surface area (Å²) in [4.78, 5) is 14.2. The first-order valence-electron chi connectivity index (χ1n) is 8.22. The van der Waals surface area contributed by atoms with Gasteiger partial charge in [-0.25, -0.2) is 0 Å². The molecule has 1 amide bonds. The molecule has 2 unspecified atom stereocenters. The number of ether oxygens (including phenoxy) is 1. The average molecular weight is 329 g/mol. The quantitative estimate of drug-likeness (QED) is 0.882. The summed E-state index contributed by atoms with van der Waals surface area (Å²) in [5, 5.41) is 17.0. The van der Waals surface area contributed by atoms with E-state index in [1.807, 2.05) is 24.3 Å². The van der Waals surface area contributed by atoms with Crippen molar-refractivity contribution in [3.8, 4) is 17.0 Å². The zero-order valence-electron chi connectivity index (χ0n) is 14.0. The first-order chi connectivity index (χ1) is 11.6. The van der Waals surface area contributed by atoms with Crippen molar-refractivity contribution in [3.05, 3.63) is 36.0 Å².